The molecule has 0 aliphatic carbocycles. The van der Waals surface area contributed by atoms with Crippen LogP contribution in [0.1, 0.15) is 37.4 Å². The van der Waals surface area contributed by atoms with Gasteiger partial charge in [0.05, 0.1) is 29.8 Å². The van der Waals surface area contributed by atoms with E-state index in [9.17, 15) is 24.8 Å². The number of carbonyl (C=O) groups excluding carboxylic acids is 2. The fraction of sp³-hybridized carbons (Fsp3) is 0.333. The van der Waals surface area contributed by atoms with Crippen LogP contribution in [0.4, 0.5) is 5.69 Å². The Hall–Kier alpha value is -3.72. The van der Waals surface area contributed by atoms with E-state index in [-0.39, 0.29) is 29.5 Å². The molecule has 3 rings (SSSR count). The van der Waals surface area contributed by atoms with E-state index in [0.29, 0.717) is 24.3 Å². The summed E-state index contributed by atoms with van der Waals surface area (Å²) in [6.45, 7) is 4.48. The average Bonchev–Trinajstić information content (AvgIpc) is 3.06. The molecule has 0 radical (unpaired) electrons. The number of ether oxygens (including phenoxy) is 2. The molecule has 2 aromatic carbocycles. The third-order valence-electron chi connectivity index (χ3n) is 5.30. The summed E-state index contributed by atoms with van der Waals surface area (Å²) in [5.41, 5.74) is 0.574. The predicted molar refractivity (Wildman–Crippen MR) is 121 cm³/mol. The number of amides is 1. The molecule has 9 heteroatoms. The molecular weight excluding hydrogens is 428 g/mol. The lowest BCUT2D eigenvalue weighted by Crippen LogP contribution is -2.31. The van der Waals surface area contributed by atoms with Crippen molar-refractivity contribution in [2.45, 2.75) is 32.4 Å². The van der Waals surface area contributed by atoms with Gasteiger partial charge in [0.15, 0.2) is 0 Å². The smallest absolute Gasteiger partial charge is 0.295 e. The number of likely N-dealkylation sites (tertiary alicyclic amines) is 1. The molecule has 0 bridgehead atoms. The first kappa shape index (κ1) is 23.9. The lowest BCUT2D eigenvalue weighted by molar-refractivity contribution is -0.384. The Bertz CT molecular complexity index is 1080. The Labute approximate surface area is 191 Å². The molecule has 0 saturated carbocycles. The molecule has 1 heterocycles. The fourth-order valence-corrected chi connectivity index (χ4v) is 3.72. The summed E-state index contributed by atoms with van der Waals surface area (Å²) < 4.78 is 10.8. The quantitative estimate of drug-likeness (QED) is 0.153. The van der Waals surface area contributed by atoms with Gasteiger partial charge in [0, 0.05) is 30.8 Å². The van der Waals surface area contributed by atoms with Crippen molar-refractivity contribution in [3.05, 3.63) is 75.3 Å². The Morgan fingerprint density at radius 3 is 2.48 bits per heavy atom. The van der Waals surface area contributed by atoms with Crippen LogP contribution in [0.2, 0.25) is 0 Å². The second-order valence-electron chi connectivity index (χ2n) is 7.85. The third-order valence-corrected chi connectivity index (χ3v) is 5.30. The second kappa shape index (κ2) is 10.3. The minimum absolute atomic E-state index is 0.0386. The molecule has 1 unspecified atom stereocenters. The molecule has 1 aliphatic heterocycles. The van der Waals surface area contributed by atoms with E-state index >= 15 is 0 Å². The van der Waals surface area contributed by atoms with E-state index in [1.54, 1.807) is 24.3 Å². The topological polar surface area (TPSA) is 119 Å². The summed E-state index contributed by atoms with van der Waals surface area (Å²) in [7, 11) is 1.51. The molecule has 1 N–H and O–H groups in total. The molecule has 1 amide bonds. The van der Waals surface area contributed by atoms with Gasteiger partial charge in [-0.3, -0.25) is 19.7 Å². The van der Waals surface area contributed by atoms with E-state index in [4.69, 9.17) is 9.47 Å². The van der Waals surface area contributed by atoms with Crippen molar-refractivity contribution in [3.8, 4) is 5.75 Å². The van der Waals surface area contributed by atoms with Crippen LogP contribution in [0, 0.1) is 10.1 Å². The SMILES string of the molecule is COc1cccc(C2/C(=C(/O)c3ccc([N+](=O)[O-])cc3)C(=O)C(=O)N2CCCOC(C)C)c1. The van der Waals surface area contributed by atoms with Crippen molar-refractivity contribution in [1.82, 2.24) is 4.90 Å². The maximum Gasteiger partial charge on any atom is 0.295 e. The number of nitrogens with zero attached hydrogens (tertiary/aromatic N) is 2. The van der Waals surface area contributed by atoms with Crippen LogP contribution < -0.4 is 4.74 Å². The number of hydrogen-bond donors (Lipinski definition) is 1. The molecule has 174 valence electrons. The highest BCUT2D eigenvalue weighted by Crippen LogP contribution is 2.40. The molecule has 1 aliphatic rings. The predicted octanol–water partition coefficient (Wildman–Crippen LogP) is 3.84. The number of hydrogen-bond acceptors (Lipinski definition) is 7. The molecule has 1 fully saturated rings. The summed E-state index contributed by atoms with van der Waals surface area (Å²) >= 11 is 0. The lowest BCUT2D eigenvalue weighted by atomic mass is 9.95. The van der Waals surface area contributed by atoms with Gasteiger partial charge in [-0.25, -0.2) is 0 Å². The van der Waals surface area contributed by atoms with Crippen LogP contribution in [-0.4, -0.2) is 53.0 Å². The number of non-ortho nitro benzene ring substituents is 1. The molecule has 0 aromatic heterocycles. The van der Waals surface area contributed by atoms with Crippen molar-refractivity contribution in [2.24, 2.45) is 0 Å². The van der Waals surface area contributed by atoms with Crippen LogP contribution in [0.5, 0.6) is 5.75 Å². The highest BCUT2D eigenvalue weighted by molar-refractivity contribution is 6.46. The van der Waals surface area contributed by atoms with Crippen LogP contribution in [0.15, 0.2) is 54.1 Å². The van der Waals surface area contributed by atoms with E-state index in [0.717, 1.165) is 0 Å². The zero-order valence-electron chi connectivity index (χ0n) is 18.7. The van der Waals surface area contributed by atoms with Crippen molar-refractivity contribution in [2.75, 3.05) is 20.3 Å². The monoisotopic (exact) mass is 454 g/mol. The number of carbonyl (C=O) groups is 2. The molecule has 0 spiro atoms. The Kier molecular flexibility index (Phi) is 7.44. The minimum atomic E-state index is -0.839. The summed E-state index contributed by atoms with van der Waals surface area (Å²) in [5.74, 6) is -1.40. The van der Waals surface area contributed by atoms with Crippen LogP contribution >= 0.6 is 0 Å². The average molecular weight is 454 g/mol. The summed E-state index contributed by atoms with van der Waals surface area (Å²) in [6, 6.07) is 11.3. The molecule has 9 nitrogen and oxygen atoms in total. The largest absolute Gasteiger partial charge is 0.507 e. The van der Waals surface area contributed by atoms with Crippen molar-refractivity contribution >= 4 is 23.1 Å². The second-order valence-corrected chi connectivity index (χ2v) is 7.85. The molecule has 1 atom stereocenters. The first-order valence-electron chi connectivity index (χ1n) is 10.5. The van der Waals surface area contributed by atoms with Crippen LogP contribution in [-0.2, 0) is 14.3 Å². The van der Waals surface area contributed by atoms with Crippen LogP contribution in [0.3, 0.4) is 0 Å². The van der Waals surface area contributed by atoms with Gasteiger partial charge in [-0.05, 0) is 50.1 Å². The van der Waals surface area contributed by atoms with Gasteiger partial charge in [0.1, 0.15) is 11.5 Å². The van der Waals surface area contributed by atoms with Gasteiger partial charge >= 0.3 is 0 Å². The van der Waals surface area contributed by atoms with Crippen molar-refractivity contribution < 1.29 is 29.1 Å². The third kappa shape index (κ3) is 5.20. The number of Topliss-reactive ketones (excluding diaryl/α,β-unsaturated/α-hetero) is 1. The van der Waals surface area contributed by atoms with Gasteiger partial charge in [-0.1, -0.05) is 12.1 Å². The van der Waals surface area contributed by atoms with Gasteiger partial charge in [-0.2, -0.15) is 0 Å². The molecule has 2 aromatic rings. The number of aliphatic hydroxyl groups excluding tert-OH is 1. The van der Waals surface area contributed by atoms with Gasteiger partial charge in [-0.15, -0.1) is 0 Å². The van der Waals surface area contributed by atoms with E-state index in [1.807, 2.05) is 13.8 Å². The van der Waals surface area contributed by atoms with Crippen molar-refractivity contribution in [3.63, 3.8) is 0 Å². The van der Waals surface area contributed by atoms with E-state index in [2.05, 4.69) is 0 Å². The highest BCUT2D eigenvalue weighted by Gasteiger charge is 2.45. The first-order chi connectivity index (χ1) is 15.7. The number of methoxy groups -OCH3 is 1. The number of nitro groups is 1. The molecular formula is C24H26N2O7. The van der Waals surface area contributed by atoms with Gasteiger partial charge in [0.2, 0.25) is 0 Å². The minimum Gasteiger partial charge on any atom is -0.507 e. The molecule has 1 saturated heterocycles. The van der Waals surface area contributed by atoms with Crippen LogP contribution in [0.25, 0.3) is 5.76 Å². The zero-order chi connectivity index (χ0) is 24.1. The van der Waals surface area contributed by atoms with Crippen molar-refractivity contribution in [1.29, 1.82) is 0 Å². The Balaban J connectivity index is 2.05. The number of ketones is 1. The number of aliphatic hydroxyl groups is 1. The summed E-state index contributed by atoms with van der Waals surface area (Å²) in [6.07, 6.45) is 0.542. The van der Waals surface area contributed by atoms with Gasteiger partial charge < -0.3 is 19.5 Å². The number of nitro benzene ring substituents is 1. The number of rotatable bonds is 9. The number of benzene rings is 2. The maximum absolute atomic E-state index is 13.0. The normalized spacial score (nSPS) is 17.6. The van der Waals surface area contributed by atoms with E-state index in [1.165, 1.54) is 36.3 Å². The fourth-order valence-electron chi connectivity index (χ4n) is 3.72. The summed E-state index contributed by atoms with van der Waals surface area (Å²) in [4.78, 5) is 37.7. The Morgan fingerprint density at radius 1 is 1.18 bits per heavy atom. The standard InChI is InChI=1S/C24H26N2O7/c1-15(2)33-13-5-12-25-21(17-6-4-7-19(14-17)32-3)20(23(28)24(25)29)22(27)16-8-10-18(11-9-16)26(30)31/h4,6-11,14-15,21,27H,5,12-13H2,1-3H3/b22-20-. The van der Waals surface area contributed by atoms with E-state index < -0.39 is 28.4 Å². The lowest BCUT2D eigenvalue weighted by Gasteiger charge is -2.25. The van der Waals surface area contributed by atoms with Gasteiger partial charge in [0.25, 0.3) is 17.4 Å². The molecule has 33 heavy (non-hydrogen) atoms. The summed E-state index contributed by atoms with van der Waals surface area (Å²) in [5, 5.41) is 22.0. The highest BCUT2D eigenvalue weighted by atomic mass is 16.6. The maximum atomic E-state index is 13.0. The Morgan fingerprint density at radius 2 is 1.88 bits per heavy atom. The zero-order valence-corrected chi connectivity index (χ0v) is 18.7. The first-order valence-corrected chi connectivity index (χ1v) is 10.5.